The number of carboxylic acid groups (broad SMARTS) is 1. The van der Waals surface area contributed by atoms with Crippen LogP contribution in [0.25, 0.3) is 0 Å². The lowest BCUT2D eigenvalue weighted by molar-refractivity contribution is -0.384. The van der Waals surface area contributed by atoms with Crippen LogP contribution in [0.15, 0.2) is 30.4 Å². The van der Waals surface area contributed by atoms with Crippen molar-refractivity contribution < 1.29 is 24.4 Å². The lowest BCUT2D eigenvalue weighted by Crippen LogP contribution is -2.20. The monoisotopic (exact) mass is 279 g/mol. The molecule has 106 valence electrons. The van der Waals surface area contributed by atoms with Gasteiger partial charge in [-0.1, -0.05) is 0 Å². The highest BCUT2D eigenvalue weighted by Gasteiger charge is 2.16. The van der Waals surface area contributed by atoms with Crippen LogP contribution in [0, 0.1) is 10.1 Å². The summed E-state index contributed by atoms with van der Waals surface area (Å²) in [5, 5.41) is 23.3. The van der Waals surface area contributed by atoms with Gasteiger partial charge in [-0.15, -0.1) is 0 Å². The van der Waals surface area contributed by atoms with E-state index in [0.717, 1.165) is 0 Å². The molecule has 1 amide bonds. The molecule has 0 bridgehead atoms. The fraction of sp³-hybridized carbons (Fsp3) is 0.167. The summed E-state index contributed by atoms with van der Waals surface area (Å²) in [7, 11) is 0. The van der Waals surface area contributed by atoms with E-state index in [2.05, 4.69) is 5.32 Å². The van der Waals surface area contributed by atoms with Gasteiger partial charge in [-0.3, -0.25) is 14.9 Å². The first-order valence-electron chi connectivity index (χ1n) is 5.55. The highest BCUT2D eigenvalue weighted by Crippen LogP contribution is 2.29. The van der Waals surface area contributed by atoms with Crippen molar-refractivity contribution in [1.29, 1.82) is 0 Å². The summed E-state index contributed by atoms with van der Waals surface area (Å²) in [5.74, 6) is -2.06. The number of anilines is 1. The Balaban J connectivity index is 2.97. The molecule has 0 fully saturated rings. The van der Waals surface area contributed by atoms with Crippen LogP contribution in [-0.2, 0) is 9.59 Å². The molecule has 0 saturated heterocycles. The van der Waals surface area contributed by atoms with E-state index in [0.29, 0.717) is 24.5 Å². The largest absolute Gasteiger partial charge is 0.545 e. The Kier molecular flexibility index (Phi) is 5.21. The van der Waals surface area contributed by atoms with Gasteiger partial charge in [0, 0.05) is 6.08 Å². The first-order chi connectivity index (χ1) is 9.43. The van der Waals surface area contributed by atoms with Gasteiger partial charge in [-0.25, -0.2) is 0 Å². The second kappa shape index (κ2) is 6.88. The van der Waals surface area contributed by atoms with Crippen LogP contribution in [-0.4, -0.2) is 23.4 Å². The number of nitro groups is 1. The van der Waals surface area contributed by atoms with Crippen LogP contribution >= 0.6 is 0 Å². The van der Waals surface area contributed by atoms with Gasteiger partial charge in [-0.2, -0.15) is 0 Å². The van der Waals surface area contributed by atoms with Gasteiger partial charge in [0.25, 0.3) is 5.69 Å². The van der Waals surface area contributed by atoms with Crippen molar-refractivity contribution in [2.24, 2.45) is 0 Å². The normalized spacial score (nSPS) is 10.2. The number of hydrogen-bond acceptors (Lipinski definition) is 6. The molecule has 8 heteroatoms. The standard InChI is InChI=1S/C12H12N2O6/c1-2-20-8-3-4-9(10(7-8)14(18)19)13-11(15)5-6-12(16)17/h3-7H,2H2,1H3,(H,13,15)(H,16,17)/p-1. The number of carbonyl (C=O) groups excluding carboxylic acids is 2. The molecule has 0 unspecified atom stereocenters. The Labute approximate surface area is 113 Å². The summed E-state index contributed by atoms with van der Waals surface area (Å²) in [6.45, 7) is 2.07. The van der Waals surface area contributed by atoms with Crippen molar-refractivity contribution in [3.05, 3.63) is 40.5 Å². The molecule has 1 aromatic carbocycles. The van der Waals surface area contributed by atoms with Gasteiger partial charge >= 0.3 is 0 Å². The Bertz CT molecular complexity index is 567. The number of aliphatic carboxylic acids is 1. The molecule has 0 aliphatic heterocycles. The number of carboxylic acids is 1. The van der Waals surface area contributed by atoms with E-state index in [1.54, 1.807) is 6.92 Å². The van der Waals surface area contributed by atoms with E-state index >= 15 is 0 Å². The lowest BCUT2D eigenvalue weighted by atomic mass is 10.2. The van der Waals surface area contributed by atoms with E-state index in [1.165, 1.54) is 18.2 Å². The second-order valence-electron chi connectivity index (χ2n) is 3.51. The average Bonchev–Trinajstić information content (AvgIpc) is 2.38. The van der Waals surface area contributed by atoms with Gasteiger partial charge in [0.05, 0.1) is 23.6 Å². The van der Waals surface area contributed by atoms with Gasteiger partial charge in [0.15, 0.2) is 0 Å². The van der Waals surface area contributed by atoms with E-state index in [9.17, 15) is 24.8 Å². The number of nitrogens with one attached hydrogen (secondary N) is 1. The fourth-order valence-electron chi connectivity index (χ4n) is 1.34. The molecule has 0 aliphatic carbocycles. The average molecular weight is 279 g/mol. The van der Waals surface area contributed by atoms with Crippen LogP contribution in [0.3, 0.4) is 0 Å². The number of amides is 1. The SMILES string of the molecule is CCOc1ccc(NC(=O)C=CC(=O)[O-])c([N+](=O)[O-])c1. The molecule has 20 heavy (non-hydrogen) atoms. The summed E-state index contributed by atoms with van der Waals surface area (Å²) in [5.41, 5.74) is -0.419. The van der Waals surface area contributed by atoms with Crippen molar-refractivity contribution in [2.45, 2.75) is 6.92 Å². The number of nitrogens with zero attached hydrogens (tertiary/aromatic N) is 1. The summed E-state index contributed by atoms with van der Waals surface area (Å²) < 4.78 is 5.12. The van der Waals surface area contributed by atoms with Crippen LogP contribution in [0.4, 0.5) is 11.4 Å². The molecule has 0 radical (unpaired) electrons. The second-order valence-corrected chi connectivity index (χ2v) is 3.51. The molecule has 0 aromatic heterocycles. The van der Waals surface area contributed by atoms with Crippen molar-refractivity contribution in [3.8, 4) is 5.75 Å². The molecule has 0 spiro atoms. The van der Waals surface area contributed by atoms with Crippen molar-refractivity contribution in [1.82, 2.24) is 0 Å². The zero-order valence-corrected chi connectivity index (χ0v) is 10.5. The maximum Gasteiger partial charge on any atom is 0.296 e. The molecule has 1 N–H and O–H groups in total. The highest BCUT2D eigenvalue weighted by atomic mass is 16.6. The third-order valence-electron chi connectivity index (χ3n) is 2.11. The Hall–Kier alpha value is -2.90. The predicted octanol–water partition coefficient (Wildman–Crippen LogP) is 0.238. The van der Waals surface area contributed by atoms with Crippen LogP contribution in [0.1, 0.15) is 6.92 Å². The first-order valence-corrected chi connectivity index (χ1v) is 5.55. The number of ether oxygens (including phenoxy) is 1. The minimum Gasteiger partial charge on any atom is -0.545 e. The molecule has 0 saturated carbocycles. The lowest BCUT2D eigenvalue weighted by Gasteiger charge is -2.07. The van der Waals surface area contributed by atoms with Gasteiger partial charge in [0.2, 0.25) is 5.91 Å². The molecule has 1 rings (SSSR count). The van der Waals surface area contributed by atoms with Crippen molar-refractivity contribution in [2.75, 3.05) is 11.9 Å². The summed E-state index contributed by atoms with van der Waals surface area (Å²) in [6, 6.07) is 3.92. The molecule has 0 heterocycles. The predicted molar refractivity (Wildman–Crippen MR) is 67.0 cm³/mol. The van der Waals surface area contributed by atoms with Crippen LogP contribution in [0.2, 0.25) is 0 Å². The Morgan fingerprint density at radius 2 is 2.10 bits per heavy atom. The minimum atomic E-state index is -1.54. The summed E-state index contributed by atoms with van der Waals surface area (Å²) in [6.07, 6.45) is 1.23. The van der Waals surface area contributed by atoms with E-state index in [1.807, 2.05) is 0 Å². The third kappa shape index (κ3) is 4.41. The van der Waals surface area contributed by atoms with Gasteiger partial charge in [0.1, 0.15) is 11.4 Å². The number of carbonyl (C=O) groups is 2. The molecule has 0 aliphatic rings. The number of rotatable bonds is 6. The summed E-state index contributed by atoms with van der Waals surface area (Å²) >= 11 is 0. The highest BCUT2D eigenvalue weighted by molar-refractivity contribution is 6.03. The Morgan fingerprint density at radius 1 is 1.40 bits per heavy atom. The minimum absolute atomic E-state index is 0.0635. The fourth-order valence-corrected chi connectivity index (χ4v) is 1.34. The van der Waals surface area contributed by atoms with Crippen molar-refractivity contribution in [3.63, 3.8) is 0 Å². The number of benzene rings is 1. The topological polar surface area (TPSA) is 122 Å². The van der Waals surface area contributed by atoms with Crippen molar-refractivity contribution >= 4 is 23.3 Å². The molecular weight excluding hydrogens is 268 g/mol. The van der Waals surface area contributed by atoms with Crippen LogP contribution < -0.4 is 15.2 Å². The summed E-state index contributed by atoms with van der Waals surface area (Å²) in [4.78, 5) is 31.7. The molecular formula is C12H11N2O6-. The van der Waals surface area contributed by atoms with Crippen LogP contribution in [0.5, 0.6) is 5.75 Å². The zero-order valence-electron chi connectivity index (χ0n) is 10.5. The maximum atomic E-state index is 11.4. The maximum absolute atomic E-state index is 11.4. The zero-order chi connectivity index (χ0) is 15.1. The quantitative estimate of drug-likeness (QED) is 0.452. The first kappa shape index (κ1) is 15.2. The number of nitro benzene ring substituents is 1. The van der Waals surface area contributed by atoms with E-state index in [-0.39, 0.29) is 11.4 Å². The van der Waals surface area contributed by atoms with E-state index < -0.39 is 16.8 Å². The van der Waals surface area contributed by atoms with Gasteiger partial charge in [-0.05, 0) is 25.1 Å². The smallest absolute Gasteiger partial charge is 0.296 e. The third-order valence-corrected chi connectivity index (χ3v) is 2.11. The molecule has 0 atom stereocenters. The van der Waals surface area contributed by atoms with Gasteiger partial charge < -0.3 is 20.0 Å². The Morgan fingerprint density at radius 3 is 2.65 bits per heavy atom. The van der Waals surface area contributed by atoms with E-state index in [4.69, 9.17) is 4.74 Å². The number of hydrogen-bond donors (Lipinski definition) is 1. The molecule has 1 aromatic rings. The molecule has 8 nitrogen and oxygen atoms in total.